The Kier molecular flexibility index (Phi) is 5.16. The van der Waals surface area contributed by atoms with Gasteiger partial charge in [0.25, 0.3) is 11.5 Å². The number of amides is 1. The Morgan fingerprint density at radius 1 is 1.45 bits per heavy atom. The van der Waals surface area contributed by atoms with Crippen molar-refractivity contribution >= 4 is 29.2 Å². The number of anilines is 2. The fraction of sp³-hybridized carbons (Fsp3) is 0.214. The molecule has 1 aromatic carbocycles. The maximum absolute atomic E-state index is 13.6. The first-order chi connectivity index (χ1) is 10.5. The van der Waals surface area contributed by atoms with E-state index in [2.05, 4.69) is 15.3 Å². The smallest absolute Gasteiger partial charge is 0.277 e. The number of aromatic nitrogens is 2. The molecule has 6 nitrogen and oxygen atoms in total. The van der Waals surface area contributed by atoms with Gasteiger partial charge in [0.05, 0.1) is 5.56 Å². The molecule has 0 fully saturated rings. The van der Waals surface area contributed by atoms with Gasteiger partial charge in [0.15, 0.2) is 11.0 Å². The summed E-state index contributed by atoms with van der Waals surface area (Å²) in [6.45, 7) is 2.00. The van der Waals surface area contributed by atoms with E-state index >= 15 is 0 Å². The van der Waals surface area contributed by atoms with Gasteiger partial charge in [-0.25, -0.2) is 9.37 Å². The lowest BCUT2D eigenvalue weighted by Crippen LogP contribution is -2.23. The lowest BCUT2D eigenvalue weighted by Gasteiger charge is -2.08. The summed E-state index contributed by atoms with van der Waals surface area (Å²) in [7, 11) is 0. The van der Waals surface area contributed by atoms with Gasteiger partial charge in [-0.2, -0.15) is 0 Å². The van der Waals surface area contributed by atoms with Crippen molar-refractivity contribution in [3.05, 3.63) is 46.0 Å². The molecule has 0 saturated carbocycles. The predicted molar refractivity (Wildman–Crippen MR) is 84.6 cm³/mol. The molecule has 22 heavy (non-hydrogen) atoms. The number of nitrogens with zero attached hydrogens (tertiary/aromatic N) is 1. The molecule has 0 unspecified atom stereocenters. The molecule has 116 valence electrons. The van der Waals surface area contributed by atoms with Crippen LogP contribution in [0.1, 0.15) is 23.7 Å². The zero-order valence-corrected chi connectivity index (χ0v) is 12.7. The number of hydrogen-bond donors (Lipinski definition) is 3. The Hall–Kier alpha value is -2.35. The van der Waals surface area contributed by atoms with Crippen LogP contribution in [0.4, 0.5) is 15.9 Å². The quantitative estimate of drug-likeness (QED) is 0.579. The molecule has 0 atom stereocenters. The molecular formula is C14H15FN4O2S. The first kappa shape index (κ1) is 16.0. The Bertz CT molecular complexity index is 748. The van der Waals surface area contributed by atoms with Gasteiger partial charge < -0.3 is 11.1 Å². The standard InChI is InChI=1S/C14H15FN4O2S/c1-2-7-22-14-18-11(16)10(13(21)19-14)17-12(20)8-5-3-4-6-9(8)15/h3-6H,2,7H2,1H3,(H,17,20)(H3,16,18,19,21). The fourth-order valence-corrected chi connectivity index (χ4v) is 2.41. The highest BCUT2D eigenvalue weighted by Gasteiger charge is 2.16. The molecule has 0 aliphatic rings. The molecule has 1 aromatic heterocycles. The highest BCUT2D eigenvalue weighted by molar-refractivity contribution is 7.99. The highest BCUT2D eigenvalue weighted by Crippen LogP contribution is 2.18. The monoisotopic (exact) mass is 322 g/mol. The van der Waals surface area contributed by atoms with Gasteiger partial charge in [-0.3, -0.25) is 14.6 Å². The topological polar surface area (TPSA) is 101 Å². The lowest BCUT2D eigenvalue weighted by atomic mass is 10.2. The molecule has 2 aromatic rings. The highest BCUT2D eigenvalue weighted by atomic mass is 32.2. The molecule has 0 spiro atoms. The van der Waals surface area contributed by atoms with E-state index in [1.807, 2.05) is 6.92 Å². The number of thioether (sulfide) groups is 1. The molecule has 1 heterocycles. The fourth-order valence-electron chi connectivity index (χ4n) is 1.68. The minimum absolute atomic E-state index is 0.105. The zero-order chi connectivity index (χ0) is 16.1. The van der Waals surface area contributed by atoms with E-state index in [1.165, 1.54) is 30.0 Å². The third kappa shape index (κ3) is 3.64. The summed E-state index contributed by atoms with van der Waals surface area (Å²) in [4.78, 5) is 30.5. The van der Waals surface area contributed by atoms with Crippen LogP contribution in [0.25, 0.3) is 0 Å². The summed E-state index contributed by atoms with van der Waals surface area (Å²) in [5.41, 5.74) is 4.77. The van der Waals surface area contributed by atoms with Crippen molar-refractivity contribution in [3.8, 4) is 0 Å². The van der Waals surface area contributed by atoms with E-state index in [0.29, 0.717) is 5.16 Å². The molecule has 0 bridgehead atoms. The lowest BCUT2D eigenvalue weighted by molar-refractivity contribution is 0.102. The van der Waals surface area contributed by atoms with Crippen molar-refractivity contribution in [2.75, 3.05) is 16.8 Å². The molecule has 0 saturated heterocycles. The number of rotatable bonds is 5. The van der Waals surface area contributed by atoms with Gasteiger partial charge in [-0.05, 0) is 18.6 Å². The molecule has 2 rings (SSSR count). The van der Waals surface area contributed by atoms with Crippen LogP contribution in [0.3, 0.4) is 0 Å². The van der Waals surface area contributed by atoms with Crippen LogP contribution < -0.4 is 16.6 Å². The van der Waals surface area contributed by atoms with Crippen molar-refractivity contribution < 1.29 is 9.18 Å². The number of nitrogens with one attached hydrogen (secondary N) is 2. The minimum Gasteiger partial charge on any atom is -0.382 e. The number of nitrogens with two attached hydrogens (primary N) is 1. The van der Waals surface area contributed by atoms with Crippen molar-refractivity contribution in [1.82, 2.24) is 9.97 Å². The SMILES string of the molecule is CCCSc1nc(N)c(NC(=O)c2ccccc2F)c(=O)[nH]1. The summed E-state index contributed by atoms with van der Waals surface area (Å²) >= 11 is 1.36. The van der Waals surface area contributed by atoms with Crippen molar-refractivity contribution in [1.29, 1.82) is 0 Å². The molecular weight excluding hydrogens is 307 g/mol. The van der Waals surface area contributed by atoms with Gasteiger partial charge in [0.2, 0.25) is 0 Å². The molecule has 4 N–H and O–H groups in total. The normalized spacial score (nSPS) is 10.5. The van der Waals surface area contributed by atoms with Crippen LogP contribution in [0.15, 0.2) is 34.2 Å². The first-order valence-electron chi connectivity index (χ1n) is 6.61. The second-order valence-electron chi connectivity index (χ2n) is 4.41. The number of hydrogen-bond acceptors (Lipinski definition) is 5. The van der Waals surface area contributed by atoms with Gasteiger partial charge >= 0.3 is 0 Å². The summed E-state index contributed by atoms with van der Waals surface area (Å²) < 4.78 is 13.6. The first-order valence-corrected chi connectivity index (χ1v) is 7.60. The number of halogens is 1. The van der Waals surface area contributed by atoms with Crippen molar-refractivity contribution in [2.45, 2.75) is 18.5 Å². The summed E-state index contributed by atoms with van der Waals surface area (Å²) in [6.07, 6.45) is 0.917. The average Bonchev–Trinajstić information content (AvgIpc) is 2.49. The predicted octanol–water partition coefficient (Wildman–Crippen LogP) is 2.25. The number of carbonyl (C=O) groups excluding carboxylic acids is 1. The second kappa shape index (κ2) is 7.08. The zero-order valence-electron chi connectivity index (χ0n) is 11.9. The summed E-state index contributed by atoms with van der Waals surface area (Å²) in [5.74, 6) is -0.764. The van der Waals surface area contributed by atoms with E-state index in [1.54, 1.807) is 0 Å². The number of benzene rings is 1. The van der Waals surface area contributed by atoms with Crippen LogP contribution in [-0.4, -0.2) is 21.6 Å². The number of nitrogen functional groups attached to an aromatic ring is 1. The van der Waals surface area contributed by atoms with Crippen molar-refractivity contribution in [3.63, 3.8) is 0 Å². The Labute approximate surface area is 130 Å². The van der Waals surface area contributed by atoms with Crippen LogP contribution in [0.5, 0.6) is 0 Å². The number of H-pyrrole nitrogens is 1. The van der Waals surface area contributed by atoms with Crippen molar-refractivity contribution in [2.24, 2.45) is 0 Å². The maximum Gasteiger partial charge on any atom is 0.277 e. The minimum atomic E-state index is -0.758. The third-order valence-electron chi connectivity index (χ3n) is 2.73. The van der Waals surface area contributed by atoms with Crippen LogP contribution in [-0.2, 0) is 0 Å². The molecule has 0 aliphatic heterocycles. The van der Waals surface area contributed by atoms with Crippen LogP contribution in [0, 0.1) is 5.82 Å². The summed E-state index contributed by atoms with van der Waals surface area (Å²) in [5, 5.41) is 2.68. The number of aromatic amines is 1. The third-order valence-corrected chi connectivity index (χ3v) is 3.80. The van der Waals surface area contributed by atoms with Gasteiger partial charge in [0.1, 0.15) is 11.5 Å². The van der Waals surface area contributed by atoms with E-state index < -0.39 is 17.3 Å². The molecule has 1 amide bonds. The Morgan fingerprint density at radius 3 is 2.82 bits per heavy atom. The van der Waals surface area contributed by atoms with E-state index in [4.69, 9.17) is 5.73 Å². The van der Waals surface area contributed by atoms with E-state index in [0.717, 1.165) is 18.2 Å². The average molecular weight is 322 g/mol. The molecule has 8 heteroatoms. The Balaban J connectivity index is 2.25. The Morgan fingerprint density at radius 2 is 2.18 bits per heavy atom. The second-order valence-corrected chi connectivity index (χ2v) is 5.50. The van der Waals surface area contributed by atoms with Gasteiger partial charge in [-0.15, -0.1) is 0 Å². The molecule has 0 radical (unpaired) electrons. The summed E-state index contributed by atoms with van der Waals surface area (Å²) in [6, 6.07) is 5.46. The van der Waals surface area contributed by atoms with E-state index in [-0.39, 0.29) is 17.1 Å². The van der Waals surface area contributed by atoms with E-state index in [9.17, 15) is 14.0 Å². The van der Waals surface area contributed by atoms with Crippen LogP contribution >= 0.6 is 11.8 Å². The largest absolute Gasteiger partial charge is 0.382 e. The molecule has 0 aliphatic carbocycles. The van der Waals surface area contributed by atoms with Gasteiger partial charge in [0, 0.05) is 5.75 Å². The van der Waals surface area contributed by atoms with Gasteiger partial charge in [-0.1, -0.05) is 30.8 Å². The van der Waals surface area contributed by atoms with Crippen LogP contribution in [0.2, 0.25) is 0 Å². The maximum atomic E-state index is 13.6. The number of carbonyl (C=O) groups is 1.